The molecule has 1 aliphatic rings. The largest absolute Gasteiger partial charge is 0.497 e. The molecule has 6 heteroatoms. The van der Waals surface area contributed by atoms with Crippen LogP contribution in [-0.4, -0.2) is 33.2 Å². The lowest BCUT2D eigenvalue weighted by atomic mass is 10.1. The Morgan fingerprint density at radius 3 is 2.68 bits per heavy atom. The standard InChI is InChI=1S/C19H17ClO5/c1-22-13-4-5-14(17(11-13)23-2)16(21)6-3-12-9-15(20)19-18(10-12)24-7-8-25-19/h3-6,9-11H,7-8H2,1-2H3/b6-3+. The predicted molar refractivity (Wildman–Crippen MR) is 95.4 cm³/mol. The third-order valence-electron chi connectivity index (χ3n) is 3.72. The van der Waals surface area contributed by atoms with E-state index in [9.17, 15) is 4.79 Å². The van der Waals surface area contributed by atoms with Crippen molar-refractivity contribution >= 4 is 23.5 Å². The van der Waals surface area contributed by atoms with E-state index in [1.165, 1.54) is 13.2 Å². The van der Waals surface area contributed by atoms with Gasteiger partial charge in [0.05, 0.1) is 24.8 Å². The van der Waals surface area contributed by atoms with Crippen LogP contribution >= 0.6 is 11.6 Å². The third kappa shape index (κ3) is 3.72. The number of allylic oxidation sites excluding steroid dienone is 1. The van der Waals surface area contributed by atoms with Crippen LogP contribution in [0.25, 0.3) is 6.08 Å². The van der Waals surface area contributed by atoms with Crippen LogP contribution in [0.1, 0.15) is 15.9 Å². The van der Waals surface area contributed by atoms with Gasteiger partial charge in [0.1, 0.15) is 24.7 Å². The van der Waals surface area contributed by atoms with Crippen LogP contribution in [0.5, 0.6) is 23.0 Å². The predicted octanol–water partition coefficient (Wildman–Crippen LogP) is 4.02. The first-order valence-electron chi connectivity index (χ1n) is 7.66. The van der Waals surface area contributed by atoms with Gasteiger partial charge in [-0.1, -0.05) is 17.7 Å². The second-order valence-electron chi connectivity index (χ2n) is 5.29. The fourth-order valence-electron chi connectivity index (χ4n) is 2.49. The van der Waals surface area contributed by atoms with Crippen molar-refractivity contribution in [3.8, 4) is 23.0 Å². The lowest BCUT2D eigenvalue weighted by molar-refractivity contribution is 0.104. The van der Waals surface area contributed by atoms with Crippen LogP contribution in [0.2, 0.25) is 5.02 Å². The van der Waals surface area contributed by atoms with E-state index < -0.39 is 0 Å². The molecule has 0 amide bonds. The Bertz CT molecular complexity index is 829. The Kier molecular flexibility index (Phi) is 5.14. The number of carbonyl (C=O) groups is 1. The summed E-state index contributed by atoms with van der Waals surface area (Å²) in [5.74, 6) is 2.00. The van der Waals surface area contributed by atoms with Crippen molar-refractivity contribution in [1.29, 1.82) is 0 Å². The molecule has 3 rings (SSSR count). The van der Waals surface area contributed by atoms with E-state index in [2.05, 4.69) is 0 Å². The van der Waals surface area contributed by atoms with E-state index >= 15 is 0 Å². The van der Waals surface area contributed by atoms with E-state index in [0.29, 0.717) is 46.8 Å². The van der Waals surface area contributed by atoms with Crippen LogP contribution in [-0.2, 0) is 0 Å². The molecular weight excluding hydrogens is 344 g/mol. The number of ketones is 1. The highest BCUT2D eigenvalue weighted by molar-refractivity contribution is 6.32. The molecule has 0 atom stereocenters. The van der Waals surface area contributed by atoms with Gasteiger partial charge in [0.2, 0.25) is 0 Å². The van der Waals surface area contributed by atoms with Gasteiger partial charge < -0.3 is 18.9 Å². The first-order valence-corrected chi connectivity index (χ1v) is 8.03. The number of carbonyl (C=O) groups excluding carboxylic acids is 1. The van der Waals surface area contributed by atoms with Gasteiger partial charge in [0.15, 0.2) is 17.3 Å². The van der Waals surface area contributed by atoms with Gasteiger partial charge in [0.25, 0.3) is 0 Å². The molecule has 0 aliphatic carbocycles. The topological polar surface area (TPSA) is 54.0 Å². The van der Waals surface area contributed by atoms with Gasteiger partial charge in [0, 0.05) is 6.07 Å². The molecule has 0 saturated carbocycles. The summed E-state index contributed by atoms with van der Waals surface area (Å²) in [5, 5.41) is 0.450. The van der Waals surface area contributed by atoms with Crippen molar-refractivity contribution in [3.05, 3.63) is 52.6 Å². The molecule has 0 aromatic heterocycles. The van der Waals surface area contributed by atoms with Gasteiger partial charge in [-0.05, 0) is 35.9 Å². The summed E-state index contributed by atoms with van der Waals surface area (Å²) in [6.45, 7) is 0.941. The number of fused-ring (bicyclic) bond motifs is 1. The summed E-state index contributed by atoms with van der Waals surface area (Å²) in [6.07, 6.45) is 3.14. The van der Waals surface area contributed by atoms with E-state index in [1.807, 2.05) is 0 Å². The van der Waals surface area contributed by atoms with Gasteiger partial charge in [-0.2, -0.15) is 0 Å². The lowest BCUT2D eigenvalue weighted by Gasteiger charge is -2.19. The minimum atomic E-state index is -0.189. The lowest BCUT2D eigenvalue weighted by Crippen LogP contribution is -2.15. The zero-order chi connectivity index (χ0) is 17.8. The Morgan fingerprint density at radius 1 is 1.12 bits per heavy atom. The van der Waals surface area contributed by atoms with Crippen LogP contribution < -0.4 is 18.9 Å². The zero-order valence-electron chi connectivity index (χ0n) is 13.9. The number of hydrogen-bond acceptors (Lipinski definition) is 5. The fourth-order valence-corrected chi connectivity index (χ4v) is 2.76. The molecule has 1 heterocycles. The number of rotatable bonds is 5. The molecule has 0 fully saturated rings. The Hall–Kier alpha value is -2.66. The first-order chi connectivity index (χ1) is 12.1. The maximum absolute atomic E-state index is 12.5. The Morgan fingerprint density at radius 2 is 1.92 bits per heavy atom. The average molecular weight is 361 g/mol. The summed E-state index contributed by atoms with van der Waals surface area (Å²) in [6, 6.07) is 8.56. The summed E-state index contributed by atoms with van der Waals surface area (Å²) >= 11 is 6.20. The molecule has 0 spiro atoms. The maximum Gasteiger partial charge on any atom is 0.189 e. The van der Waals surface area contributed by atoms with Gasteiger partial charge in [-0.15, -0.1) is 0 Å². The SMILES string of the molecule is COc1ccc(C(=O)/C=C/c2cc(Cl)c3c(c2)OCCO3)c(OC)c1. The fraction of sp³-hybridized carbons (Fsp3) is 0.211. The normalized spacial score (nSPS) is 12.9. The minimum Gasteiger partial charge on any atom is -0.497 e. The van der Waals surface area contributed by atoms with E-state index in [0.717, 1.165) is 5.56 Å². The highest BCUT2D eigenvalue weighted by atomic mass is 35.5. The van der Waals surface area contributed by atoms with E-state index in [-0.39, 0.29) is 5.78 Å². The van der Waals surface area contributed by atoms with Crippen molar-refractivity contribution in [1.82, 2.24) is 0 Å². The number of halogens is 1. The summed E-state index contributed by atoms with van der Waals surface area (Å²) in [4.78, 5) is 12.5. The molecular formula is C19H17ClO5. The minimum absolute atomic E-state index is 0.189. The third-order valence-corrected chi connectivity index (χ3v) is 4.00. The van der Waals surface area contributed by atoms with Crippen LogP contribution in [0.3, 0.4) is 0 Å². The molecule has 25 heavy (non-hydrogen) atoms. The summed E-state index contributed by atoms with van der Waals surface area (Å²) < 4.78 is 21.4. The van der Waals surface area contributed by atoms with Crippen molar-refractivity contribution < 1.29 is 23.7 Å². The molecule has 1 aliphatic heterocycles. The molecule has 2 aromatic carbocycles. The second-order valence-corrected chi connectivity index (χ2v) is 5.70. The molecule has 0 saturated heterocycles. The number of ether oxygens (including phenoxy) is 4. The van der Waals surface area contributed by atoms with E-state index in [4.69, 9.17) is 30.5 Å². The van der Waals surface area contributed by atoms with Crippen LogP contribution in [0, 0.1) is 0 Å². The van der Waals surface area contributed by atoms with E-state index in [1.54, 1.807) is 43.5 Å². The van der Waals surface area contributed by atoms with Crippen molar-refractivity contribution in [2.75, 3.05) is 27.4 Å². The maximum atomic E-state index is 12.5. The molecule has 0 unspecified atom stereocenters. The zero-order valence-corrected chi connectivity index (χ0v) is 14.6. The summed E-state index contributed by atoms with van der Waals surface area (Å²) in [5.41, 5.74) is 1.19. The van der Waals surface area contributed by atoms with Crippen LogP contribution in [0.4, 0.5) is 0 Å². The molecule has 0 radical (unpaired) electrons. The monoisotopic (exact) mass is 360 g/mol. The first kappa shape index (κ1) is 17.2. The highest BCUT2D eigenvalue weighted by Crippen LogP contribution is 2.38. The number of methoxy groups -OCH3 is 2. The number of hydrogen-bond donors (Lipinski definition) is 0. The smallest absolute Gasteiger partial charge is 0.189 e. The second kappa shape index (κ2) is 7.49. The molecule has 5 nitrogen and oxygen atoms in total. The van der Waals surface area contributed by atoms with Crippen LogP contribution in [0.15, 0.2) is 36.4 Å². The molecule has 2 aromatic rings. The molecule has 0 bridgehead atoms. The highest BCUT2D eigenvalue weighted by Gasteiger charge is 2.16. The molecule has 130 valence electrons. The van der Waals surface area contributed by atoms with Crippen molar-refractivity contribution in [2.24, 2.45) is 0 Å². The quantitative estimate of drug-likeness (QED) is 0.595. The van der Waals surface area contributed by atoms with Crippen molar-refractivity contribution in [2.45, 2.75) is 0 Å². The van der Waals surface area contributed by atoms with Crippen molar-refractivity contribution in [3.63, 3.8) is 0 Å². The average Bonchev–Trinajstić information content (AvgIpc) is 2.65. The van der Waals surface area contributed by atoms with Gasteiger partial charge in [-0.3, -0.25) is 4.79 Å². The Balaban J connectivity index is 1.85. The number of benzene rings is 2. The van der Waals surface area contributed by atoms with Gasteiger partial charge >= 0.3 is 0 Å². The Labute approximate surface area is 150 Å². The summed E-state index contributed by atoms with van der Waals surface area (Å²) in [7, 11) is 3.07. The molecule has 0 N–H and O–H groups in total. The van der Waals surface area contributed by atoms with Gasteiger partial charge in [-0.25, -0.2) is 0 Å².